The Morgan fingerprint density at radius 1 is 1.27 bits per heavy atom. The molecule has 0 saturated carbocycles. The van der Waals surface area contributed by atoms with E-state index in [4.69, 9.17) is 24.8 Å². The molecule has 184 valence electrons. The average molecular weight is 539 g/mol. The summed E-state index contributed by atoms with van der Waals surface area (Å²) in [6.07, 6.45) is -2.30. The number of hydrogen-bond donors (Lipinski definition) is 5. The summed E-state index contributed by atoms with van der Waals surface area (Å²) in [6, 6.07) is -1.36. The lowest BCUT2D eigenvalue weighted by Gasteiger charge is -2.31. The van der Waals surface area contributed by atoms with Gasteiger partial charge in [0.15, 0.2) is 6.23 Å². The highest BCUT2D eigenvalue weighted by atomic mass is 31.3. The number of ether oxygens (including phenoxy) is 2. The zero-order valence-corrected chi connectivity index (χ0v) is 18.3. The minimum absolute atomic E-state index is 0.478. The summed E-state index contributed by atoms with van der Waals surface area (Å²) in [4.78, 5) is 63.4. The fourth-order valence-corrected chi connectivity index (χ4v) is 6.19. The number of azide groups is 1. The van der Waals surface area contributed by atoms with Gasteiger partial charge in [0.1, 0.15) is 17.7 Å². The van der Waals surface area contributed by atoms with Gasteiger partial charge in [-0.15, -0.1) is 0 Å². The highest BCUT2D eigenvalue weighted by Gasteiger charge is 2.63. The summed E-state index contributed by atoms with van der Waals surface area (Å²) >= 11 is 0. The summed E-state index contributed by atoms with van der Waals surface area (Å²) in [5.41, 5.74) is 4.45. The Kier molecular flexibility index (Phi) is 6.89. The van der Waals surface area contributed by atoms with Crippen molar-refractivity contribution in [3.05, 3.63) is 43.3 Å². The van der Waals surface area contributed by atoms with Crippen LogP contribution in [0.15, 0.2) is 20.9 Å². The zero-order chi connectivity index (χ0) is 24.8. The Morgan fingerprint density at radius 3 is 2.55 bits per heavy atom. The molecule has 1 aromatic rings. The summed E-state index contributed by atoms with van der Waals surface area (Å²) in [7, 11) is -17.0. The molecule has 23 heteroatoms. The van der Waals surface area contributed by atoms with Crippen molar-refractivity contribution in [1.29, 1.82) is 0 Å². The van der Waals surface area contributed by atoms with Gasteiger partial charge in [-0.05, 0) is 5.53 Å². The maximum atomic E-state index is 13.7. The van der Waals surface area contributed by atoms with Crippen LogP contribution >= 0.6 is 23.5 Å². The van der Waals surface area contributed by atoms with Crippen LogP contribution in [-0.2, 0) is 36.3 Å². The van der Waals surface area contributed by atoms with Crippen LogP contribution in [0.25, 0.3) is 10.4 Å². The molecule has 2 bridgehead atoms. The Balaban J connectivity index is 1.84. The molecule has 0 amide bonds. The lowest BCUT2D eigenvalue weighted by molar-refractivity contribution is -0.184. The van der Waals surface area contributed by atoms with Crippen molar-refractivity contribution in [2.45, 2.75) is 24.0 Å². The van der Waals surface area contributed by atoms with Gasteiger partial charge in [-0.1, -0.05) is 5.11 Å². The molecule has 0 aliphatic carbocycles. The SMILES string of the molecule is [N-]=[N+]=NC1[C@H]2OC[C@]1(COP(=O)(O)OP(=O)(O)OP(=O)(O)O)O[C@H]2n1cc(F)c(=O)[nH]c1=O. The van der Waals surface area contributed by atoms with Gasteiger partial charge in [0.2, 0.25) is 5.82 Å². The van der Waals surface area contributed by atoms with Crippen molar-refractivity contribution in [2.24, 2.45) is 5.11 Å². The number of halogens is 1. The van der Waals surface area contributed by atoms with Crippen molar-refractivity contribution in [2.75, 3.05) is 13.2 Å². The number of nitrogens with zero attached hydrogens (tertiary/aromatic N) is 4. The van der Waals surface area contributed by atoms with E-state index in [1.807, 2.05) is 0 Å². The minimum Gasteiger partial charge on any atom is -0.370 e. The van der Waals surface area contributed by atoms with E-state index in [9.17, 15) is 37.5 Å². The lowest BCUT2D eigenvalue weighted by atomic mass is 9.98. The molecule has 2 saturated heterocycles. The highest BCUT2D eigenvalue weighted by molar-refractivity contribution is 7.66. The standard InChI is InChI=1S/C10H13FN5O14P3/c11-4-1-16(9(18)13-7(4)17)8-5-6(14-15-12)10(28-8,2-26-5)3-27-32(22,23)30-33(24,25)29-31(19,20)21/h1,5-6,8H,2-3H2,(H,22,23)(H,24,25)(H,13,17,18)(H2,19,20,21)/t5-,6?,8-,10-/m1/s1. The maximum absolute atomic E-state index is 13.7. The van der Waals surface area contributed by atoms with Gasteiger partial charge in [0.05, 0.1) is 19.4 Å². The molecule has 33 heavy (non-hydrogen) atoms. The van der Waals surface area contributed by atoms with E-state index < -0.39 is 77.7 Å². The van der Waals surface area contributed by atoms with Crippen molar-refractivity contribution >= 4 is 23.5 Å². The zero-order valence-electron chi connectivity index (χ0n) is 15.6. The predicted octanol–water partition coefficient (Wildman–Crippen LogP) is -0.636. The molecular weight excluding hydrogens is 526 g/mol. The topological polar surface area (TPSA) is 282 Å². The van der Waals surface area contributed by atoms with Crippen LogP contribution in [0.2, 0.25) is 0 Å². The molecule has 3 heterocycles. The molecule has 0 spiro atoms. The third kappa shape index (κ3) is 5.67. The van der Waals surface area contributed by atoms with Gasteiger partial charge in [-0.2, -0.15) is 13.0 Å². The van der Waals surface area contributed by atoms with Gasteiger partial charge in [0.25, 0.3) is 5.56 Å². The van der Waals surface area contributed by atoms with E-state index >= 15 is 0 Å². The maximum Gasteiger partial charge on any atom is 0.490 e. The predicted molar refractivity (Wildman–Crippen MR) is 96.6 cm³/mol. The van der Waals surface area contributed by atoms with E-state index in [1.165, 1.54) is 0 Å². The molecule has 3 unspecified atom stereocenters. The Bertz CT molecular complexity index is 1250. The van der Waals surface area contributed by atoms with Crippen molar-refractivity contribution < 1.29 is 60.3 Å². The number of nitrogens with one attached hydrogen (secondary N) is 1. The second-order valence-corrected chi connectivity index (χ2v) is 10.9. The first-order valence-corrected chi connectivity index (χ1v) is 12.7. The largest absolute Gasteiger partial charge is 0.490 e. The second kappa shape index (κ2) is 8.79. The van der Waals surface area contributed by atoms with Crippen LogP contribution < -0.4 is 11.2 Å². The summed E-state index contributed by atoms with van der Waals surface area (Å²) in [5, 5.41) is 3.41. The molecule has 2 aliphatic rings. The van der Waals surface area contributed by atoms with Crippen molar-refractivity contribution in [1.82, 2.24) is 9.55 Å². The van der Waals surface area contributed by atoms with Gasteiger partial charge >= 0.3 is 29.2 Å². The molecule has 2 aliphatic heterocycles. The molecule has 19 nitrogen and oxygen atoms in total. The van der Waals surface area contributed by atoms with Gasteiger partial charge in [0, 0.05) is 4.91 Å². The molecule has 6 atom stereocenters. The first kappa shape index (κ1) is 25.9. The fourth-order valence-electron chi connectivity index (χ4n) is 3.11. The highest BCUT2D eigenvalue weighted by Crippen LogP contribution is 2.66. The van der Waals surface area contributed by atoms with E-state index in [-0.39, 0.29) is 0 Å². The first-order valence-electron chi connectivity index (χ1n) is 8.21. The van der Waals surface area contributed by atoms with Crippen molar-refractivity contribution in [3.8, 4) is 0 Å². The van der Waals surface area contributed by atoms with Gasteiger partial charge in [-0.3, -0.25) is 18.9 Å². The first-order chi connectivity index (χ1) is 15.1. The van der Waals surface area contributed by atoms with E-state index in [0.29, 0.717) is 10.8 Å². The number of aromatic nitrogens is 2. The van der Waals surface area contributed by atoms with Gasteiger partial charge < -0.3 is 29.0 Å². The summed E-state index contributed by atoms with van der Waals surface area (Å²) < 4.78 is 71.0. The van der Waals surface area contributed by atoms with Crippen LogP contribution in [0, 0.1) is 5.82 Å². The smallest absolute Gasteiger partial charge is 0.370 e. The van der Waals surface area contributed by atoms with Crippen LogP contribution in [0.5, 0.6) is 0 Å². The number of fused-ring (bicyclic) bond motifs is 2. The lowest BCUT2D eigenvalue weighted by Crippen LogP contribution is -2.45. The monoisotopic (exact) mass is 539 g/mol. The normalized spacial score (nSPS) is 30.4. The summed E-state index contributed by atoms with van der Waals surface area (Å²) in [6.45, 7) is -1.54. The molecule has 1 aromatic heterocycles. The quantitative estimate of drug-likeness (QED) is 0.113. The molecule has 0 aromatic carbocycles. The summed E-state index contributed by atoms with van der Waals surface area (Å²) in [5.74, 6) is -1.37. The van der Waals surface area contributed by atoms with Crippen molar-refractivity contribution in [3.63, 3.8) is 0 Å². The second-order valence-electron chi connectivity index (χ2n) is 6.51. The van der Waals surface area contributed by atoms with E-state index in [0.717, 1.165) is 0 Å². The average Bonchev–Trinajstić information content (AvgIpc) is 3.13. The number of hydrogen-bond acceptors (Lipinski definition) is 11. The van der Waals surface area contributed by atoms with E-state index in [2.05, 4.69) is 23.2 Å². The third-order valence-electron chi connectivity index (χ3n) is 4.27. The van der Waals surface area contributed by atoms with Crippen LogP contribution in [0.1, 0.15) is 6.23 Å². The Hall–Kier alpha value is -1.75. The minimum atomic E-state index is -5.80. The number of phosphoric ester groups is 1. The van der Waals surface area contributed by atoms with E-state index in [1.54, 1.807) is 4.98 Å². The number of phosphoric acid groups is 3. The molecule has 3 rings (SSSR count). The molecule has 2 fully saturated rings. The fraction of sp³-hybridized carbons (Fsp3) is 0.600. The molecular formula is C10H13FN5O14P3. The third-order valence-corrected chi connectivity index (χ3v) is 8.05. The molecule has 5 N–H and O–H groups in total. The Morgan fingerprint density at radius 2 is 1.94 bits per heavy atom. The number of rotatable bonds is 9. The van der Waals surface area contributed by atoms with Crippen LogP contribution in [0.4, 0.5) is 4.39 Å². The number of H-pyrrole nitrogens is 1. The van der Waals surface area contributed by atoms with Crippen LogP contribution in [-0.4, -0.2) is 60.1 Å². The van der Waals surface area contributed by atoms with Gasteiger partial charge in [-0.25, -0.2) is 18.5 Å². The number of aromatic amines is 1. The Labute approximate surface area is 179 Å². The van der Waals surface area contributed by atoms with Crippen LogP contribution in [0.3, 0.4) is 0 Å². The molecule has 0 radical (unpaired) electrons.